The number of carbonyl (C=O) groups excluding carboxylic acids is 1. The van der Waals surface area contributed by atoms with Crippen molar-refractivity contribution in [2.45, 2.75) is 26.0 Å². The SMILES string of the molecule is [2H]C([2H])([2H])NC(=O)c1nnc(Nc2cc3c(cc2OC)CCN(C)C3)nc1Nc1ccccc1[C@@H](C)OC. The molecule has 184 valence electrons. The Morgan fingerprint density at radius 3 is 2.74 bits per heavy atom. The normalized spacial score (nSPS) is 15.7. The van der Waals surface area contributed by atoms with Gasteiger partial charge in [-0.2, -0.15) is 4.98 Å². The second-order valence-electron chi connectivity index (χ2n) is 8.31. The second-order valence-corrected chi connectivity index (χ2v) is 8.31. The van der Waals surface area contributed by atoms with Crippen LogP contribution in [0.5, 0.6) is 5.75 Å². The number of ether oxygens (including phenoxy) is 2. The predicted molar refractivity (Wildman–Crippen MR) is 135 cm³/mol. The molecule has 0 spiro atoms. The van der Waals surface area contributed by atoms with Crippen LogP contribution in [0.25, 0.3) is 0 Å². The first-order valence-electron chi connectivity index (χ1n) is 12.7. The molecule has 2 heterocycles. The molecular formula is C25H31N7O3. The minimum atomic E-state index is -2.71. The number of aromatic nitrogens is 3. The summed E-state index contributed by atoms with van der Waals surface area (Å²) in [4.78, 5) is 19.5. The number of rotatable bonds is 8. The fraction of sp³-hybridized carbons (Fsp3) is 0.360. The molecule has 1 aromatic heterocycles. The summed E-state index contributed by atoms with van der Waals surface area (Å²) in [5.74, 6) is -0.199. The molecule has 10 nitrogen and oxygen atoms in total. The first kappa shape index (κ1) is 20.6. The number of benzene rings is 2. The van der Waals surface area contributed by atoms with Crippen molar-refractivity contribution in [2.24, 2.45) is 0 Å². The van der Waals surface area contributed by atoms with Crippen LogP contribution in [-0.4, -0.2) is 60.8 Å². The minimum Gasteiger partial charge on any atom is -0.495 e. The van der Waals surface area contributed by atoms with E-state index in [0.717, 1.165) is 30.6 Å². The lowest BCUT2D eigenvalue weighted by Gasteiger charge is -2.26. The van der Waals surface area contributed by atoms with E-state index in [2.05, 4.69) is 37.8 Å². The Morgan fingerprint density at radius 2 is 1.97 bits per heavy atom. The second kappa shape index (κ2) is 10.7. The van der Waals surface area contributed by atoms with E-state index in [0.29, 0.717) is 17.1 Å². The maximum Gasteiger partial charge on any atom is 0.275 e. The van der Waals surface area contributed by atoms with Gasteiger partial charge in [0.2, 0.25) is 5.95 Å². The number of para-hydroxylation sites is 1. The molecule has 1 aliphatic heterocycles. The number of carbonyl (C=O) groups is 1. The molecule has 3 N–H and O–H groups in total. The molecule has 1 aliphatic rings. The lowest BCUT2D eigenvalue weighted by molar-refractivity contribution is 0.0957. The van der Waals surface area contributed by atoms with Crippen LogP contribution in [0.15, 0.2) is 36.4 Å². The molecule has 0 fully saturated rings. The average Bonchev–Trinajstić information content (AvgIpc) is 2.87. The zero-order chi connectivity index (χ0) is 27.4. The van der Waals surface area contributed by atoms with Gasteiger partial charge in [-0.1, -0.05) is 18.2 Å². The summed E-state index contributed by atoms with van der Waals surface area (Å²) in [5.41, 5.74) is 4.17. The first-order chi connectivity index (χ1) is 18.1. The van der Waals surface area contributed by atoms with Gasteiger partial charge in [0.1, 0.15) is 5.75 Å². The van der Waals surface area contributed by atoms with Crippen LogP contribution >= 0.6 is 0 Å². The largest absolute Gasteiger partial charge is 0.495 e. The van der Waals surface area contributed by atoms with E-state index in [4.69, 9.17) is 13.6 Å². The van der Waals surface area contributed by atoms with Crippen molar-refractivity contribution in [3.05, 3.63) is 58.8 Å². The van der Waals surface area contributed by atoms with E-state index in [1.807, 2.05) is 42.6 Å². The molecule has 4 rings (SSSR count). The van der Waals surface area contributed by atoms with Gasteiger partial charge in [-0.15, -0.1) is 10.2 Å². The van der Waals surface area contributed by atoms with Crippen LogP contribution in [0.2, 0.25) is 0 Å². The molecule has 1 amide bonds. The highest BCUT2D eigenvalue weighted by Gasteiger charge is 2.21. The van der Waals surface area contributed by atoms with E-state index >= 15 is 0 Å². The van der Waals surface area contributed by atoms with Crippen molar-refractivity contribution >= 4 is 29.0 Å². The van der Waals surface area contributed by atoms with Crippen molar-refractivity contribution in [3.8, 4) is 5.75 Å². The lowest BCUT2D eigenvalue weighted by Crippen LogP contribution is -2.26. The Kier molecular flexibility index (Phi) is 6.28. The Labute approximate surface area is 209 Å². The Hall–Kier alpha value is -3.76. The molecule has 0 unspecified atom stereocenters. The number of amides is 1. The molecule has 0 radical (unpaired) electrons. The number of nitrogens with one attached hydrogen (secondary N) is 3. The molecule has 35 heavy (non-hydrogen) atoms. The number of likely N-dealkylation sites (N-methyl/N-ethyl adjacent to an activating group) is 1. The summed E-state index contributed by atoms with van der Waals surface area (Å²) in [6.45, 7) is 0.934. The smallest absolute Gasteiger partial charge is 0.275 e. The van der Waals surface area contributed by atoms with Crippen molar-refractivity contribution in [3.63, 3.8) is 0 Å². The average molecular weight is 481 g/mol. The Balaban J connectivity index is 1.73. The number of hydrogen-bond donors (Lipinski definition) is 3. The van der Waals surface area contributed by atoms with Gasteiger partial charge >= 0.3 is 0 Å². The van der Waals surface area contributed by atoms with Gasteiger partial charge in [-0.05, 0) is 49.7 Å². The summed E-state index contributed by atoms with van der Waals surface area (Å²) in [6, 6.07) is 11.3. The van der Waals surface area contributed by atoms with Crippen molar-refractivity contribution in [1.82, 2.24) is 25.4 Å². The zero-order valence-electron chi connectivity index (χ0n) is 23.2. The minimum absolute atomic E-state index is 0.0247. The van der Waals surface area contributed by atoms with Gasteiger partial charge in [0.05, 0.1) is 18.9 Å². The standard InChI is InChI=1S/C25H31N7O3/c1-15(34-4)18-8-6-7-9-19(18)27-23-22(24(33)26-2)30-31-25(29-23)28-20-12-17-14-32(3)11-10-16(17)13-21(20)35-5/h6-9,12-13,15H,10-11,14H2,1-5H3,(H,26,33)(H2,27,28,29,31)/t15-/m1/s1/i2D3. The number of fused-ring (bicyclic) bond motifs is 1. The molecule has 0 bridgehead atoms. The molecule has 10 heteroatoms. The molecule has 0 aliphatic carbocycles. The van der Waals surface area contributed by atoms with Gasteiger partial charge in [0, 0.05) is 42.5 Å². The predicted octanol–water partition coefficient (Wildman–Crippen LogP) is 3.42. The topological polar surface area (TPSA) is 114 Å². The zero-order valence-corrected chi connectivity index (χ0v) is 20.2. The van der Waals surface area contributed by atoms with Gasteiger partial charge in [-0.3, -0.25) is 4.79 Å². The molecular weight excluding hydrogens is 446 g/mol. The van der Waals surface area contributed by atoms with Crippen LogP contribution in [-0.2, 0) is 17.7 Å². The third-order valence-electron chi connectivity index (χ3n) is 5.99. The van der Waals surface area contributed by atoms with Gasteiger partial charge in [0.15, 0.2) is 11.5 Å². The number of hydrogen-bond acceptors (Lipinski definition) is 9. The van der Waals surface area contributed by atoms with Crippen LogP contribution in [0.4, 0.5) is 23.1 Å². The summed E-state index contributed by atoms with van der Waals surface area (Å²) in [6.07, 6.45) is 0.657. The number of methoxy groups -OCH3 is 2. The number of anilines is 4. The maximum absolute atomic E-state index is 12.8. The van der Waals surface area contributed by atoms with Gasteiger partial charge in [0.25, 0.3) is 5.91 Å². The fourth-order valence-corrected chi connectivity index (χ4v) is 4.01. The molecule has 2 aromatic carbocycles. The first-order valence-corrected chi connectivity index (χ1v) is 11.2. The van der Waals surface area contributed by atoms with E-state index < -0.39 is 12.9 Å². The Bertz CT molecular complexity index is 1320. The summed E-state index contributed by atoms with van der Waals surface area (Å²) >= 11 is 0. The molecule has 3 aromatic rings. The maximum atomic E-state index is 12.8. The van der Waals surface area contributed by atoms with Crippen LogP contribution in [0.3, 0.4) is 0 Å². The highest BCUT2D eigenvalue weighted by atomic mass is 16.5. The highest BCUT2D eigenvalue weighted by molar-refractivity contribution is 5.97. The van der Waals surface area contributed by atoms with Crippen LogP contribution in [0, 0.1) is 0 Å². The van der Waals surface area contributed by atoms with Crippen LogP contribution < -0.4 is 20.7 Å². The summed E-state index contributed by atoms with van der Waals surface area (Å²) < 4.78 is 33.3. The fourth-order valence-electron chi connectivity index (χ4n) is 4.01. The summed E-state index contributed by atoms with van der Waals surface area (Å²) in [5, 5.41) is 16.3. The summed E-state index contributed by atoms with van der Waals surface area (Å²) in [7, 11) is 5.25. The molecule has 1 atom stereocenters. The molecule has 0 saturated carbocycles. The Morgan fingerprint density at radius 1 is 1.14 bits per heavy atom. The van der Waals surface area contributed by atoms with E-state index in [1.165, 1.54) is 5.56 Å². The van der Waals surface area contributed by atoms with Crippen molar-refractivity contribution in [2.75, 3.05) is 45.4 Å². The van der Waals surface area contributed by atoms with Gasteiger partial charge in [-0.25, -0.2) is 0 Å². The lowest BCUT2D eigenvalue weighted by atomic mass is 9.99. The monoisotopic (exact) mass is 480 g/mol. The van der Waals surface area contributed by atoms with Crippen molar-refractivity contribution < 1.29 is 18.4 Å². The van der Waals surface area contributed by atoms with E-state index in [1.54, 1.807) is 20.3 Å². The quantitative estimate of drug-likeness (QED) is 0.446. The van der Waals surface area contributed by atoms with E-state index in [9.17, 15) is 4.79 Å². The van der Waals surface area contributed by atoms with Gasteiger partial charge < -0.3 is 30.3 Å². The van der Waals surface area contributed by atoms with Crippen molar-refractivity contribution in [1.29, 1.82) is 0 Å². The number of nitrogens with zero attached hydrogens (tertiary/aromatic N) is 4. The van der Waals surface area contributed by atoms with E-state index in [-0.39, 0.29) is 23.6 Å². The molecule has 0 saturated heterocycles. The van der Waals surface area contributed by atoms with Crippen LogP contribution in [0.1, 0.15) is 44.3 Å². The third-order valence-corrected chi connectivity index (χ3v) is 5.99. The third kappa shape index (κ3) is 5.33. The highest BCUT2D eigenvalue weighted by Crippen LogP contribution is 2.33.